The van der Waals surface area contributed by atoms with E-state index < -0.39 is 18.0 Å². The van der Waals surface area contributed by atoms with E-state index in [1.165, 1.54) is 6.07 Å². The van der Waals surface area contributed by atoms with Crippen LogP contribution in [-0.2, 0) is 0 Å². The molecule has 4 N–H and O–H groups in total. The fourth-order valence-electron chi connectivity index (χ4n) is 1.24. The molecule has 1 aromatic carbocycles. The van der Waals surface area contributed by atoms with Crippen molar-refractivity contribution in [3.63, 3.8) is 0 Å². The zero-order valence-corrected chi connectivity index (χ0v) is 9.83. The number of halogens is 2. The first-order valence-electron chi connectivity index (χ1n) is 4.45. The molecule has 1 rings (SSSR count). The van der Waals surface area contributed by atoms with Crippen LogP contribution in [0.15, 0.2) is 12.1 Å². The average Bonchev–Trinajstić information content (AvgIpc) is 2.21. The molecular weight excluding hydrogens is 265 g/mol. The third-order valence-electron chi connectivity index (χ3n) is 2.23. The van der Waals surface area contributed by atoms with Gasteiger partial charge in [0.15, 0.2) is 0 Å². The third-order valence-corrected chi connectivity index (χ3v) is 2.89. The highest BCUT2D eigenvalue weighted by molar-refractivity contribution is 9.09. The molecule has 2 atom stereocenters. The second-order valence-corrected chi connectivity index (χ2v) is 4.04. The lowest BCUT2D eigenvalue weighted by molar-refractivity contribution is 0.0320. The van der Waals surface area contributed by atoms with Crippen LogP contribution in [0, 0.1) is 12.7 Å². The van der Waals surface area contributed by atoms with Crippen LogP contribution < -0.4 is 5.73 Å². The molecule has 84 valence electrons. The molecule has 5 heteroatoms. The van der Waals surface area contributed by atoms with Gasteiger partial charge in [-0.2, -0.15) is 0 Å². The second-order valence-electron chi connectivity index (χ2n) is 3.40. The van der Waals surface area contributed by atoms with Crippen molar-refractivity contribution in [2.45, 2.75) is 19.1 Å². The summed E-state index contributed by atoms with van der Waals surface area (Å²) in [7, 11) is 0. The van der Waals surface area contributed by atoms with E-state index in [-0.39, 0.29) is 10.9 Å². The number of benzene rings is 1. The summed E-state index contributed by atoms with van der Waals surface area (Å²) in [6.45, 7) is 1.71. The highest BCUT2D eigenvalue weighted by Gasteiger charge is 2.21. The van der Waals surface area contributed by atoms with E-state index >= 15 is 0 Å². The van der Waals surface area contributed by atoms with Gasteiger partial charge >= 0.3 is 0 Å². The van der Waals surface area contributed by atoms with Gasteiger partial charge in [0.25, 0.3) is 0 Å². The molecule has 1 aromatic rings. The molecule has 15 heavy (non-hydrogen) atoms. The Morgan fingerprint density at radius 2 is 2.07 bits per heavy atom. The Labute approximate surface area is 95.9 Å². The summed E-state index contributed by atoms with van der Waals surface area (Å²) in [6, 6.07) is 2.59. The SMILES string of the molecule is Cc1cc(C(O)C(O)CBr)c(F)cc1N. The molecular formula is C10H13BrFNO2. The molecule has 0 aliphatic rings. The van der Waals surface area contributed by atoms with E-state index in [9.17, 15) is 14.6 Å². The summed E-state index contributed by atoms with van der Waals surface area (Å²) in [5.41, 5.74) is 6.57. The highest BCUT2D eigenvalue weighted by atomic mass is 79.9. The second kappa shape index (κ2) is 4.92. The maximum absolute atomic E-state index is 13.4. The first kappa shape index (κ1) is 12.4. The van der Waals surface area contributed by atoms with Gasteiger partial charge in [-0.1, -0.05) is 15.9 Å². The summed E-state index contributed by atoms with van der Waals surface area (Å²) in [4.78, 5) is 0. The molecule has 0 amide bonds. The summed E-state index contributed by atoms with van der Waals surface area (Å²) in [6.07, 6.45) is -2.29. The van der Waals surface area contributed by atoms with Crippen LogP contribution in [0.25, 0.3) is 0 Å². The van der Waals surface area contributed by atoms with Crippen molar-refractivity contribution in [2.24, 2.45) is 0 Å². The van der Waals surface area contributed by atoms with E-state index in [1.807, 2.05) is 0 Å². The number of anilines is 1. The molecule has 0 aliphatic carbocycles. The smallest absolute Gasteiger partial charge is 0.131 e. The molecule has 0 aromatic heterocycles. The molecule has 0 radical (unpaired) electrons. The lowest BCUT2D eigenvalue weighted by Crippen LogP contribution is -2.20. The molecule has 0 spiro atoms. The number of hydrogen-bond donors (Lipinski definition) is 3. The monoisotopic (exact) mass is 277 g/mol. The maximum atomic E-state index is 13.4. The fourth-order valence-corrected chi connectivity index (χ4v) is 1.59. The number of aliphatic hydroxyl groups is 2. The third kappa shape index (κ3) is 2.68. The zero-order chi connectivity index (χ0) is 11.6. The largest absolute Gasteiger partial charge is 0.398 e. The zero-order valence-electron chi connectivity index (χ0n) is 8.24. The number of nitrogens with two attached hydrogens (primary N) is 1. The van der Waals surface area contributed by atoms with Crippen molar-refractivity contribution in [1.82, 2.24) is 0 Å². The summed E-state index contributed by atoms with van der Waals surface area (Å²) in [5, 5.41) is 19.2. The van der Waals surface area contributed by atoms with Crippen LogP contribution >= 0.6 is 15.9 Å². The Hall–Kier alpha value is -0.650. The summed E-state index contributed by atoms with van der Waals surface area (Å²) >= 11 is 3.01. The van der Waals surface area contributed by atoms with Crippen molar-refractivity contribution >= 4 is 21.6 Å². The quantitative estimate of drug-likeness (QED) is 0.580. The normalized spacial score (nSPS) is 15.0. The van der Waals surface area contributed by atoms with Crippen LogP contribution in [0.1, 0.15) is 17.2 Å². The van der Waals surface area contributed by atoms with Crippen molar-refractivity contribution < 1.29 is 14.6 Å². The molecule has 0 bridgehead atoms. The number of nitrogen functional groups attached to an aromatic ring is 1. The van der Waals surface area contributed by atoms with Crippen molar-refractivity contribution in [3.8, 4) is 0 Å². The van der Waals surface area contributed by atoms with Gasteiger partial charge in [0.2, 0.25) is 0 Å². The Bertz CT molecular complexity index is 360. The number of hydrogen-bond acceptors (Lipinski definition) is 3. The van der Waals surface area contributed by atoms with Gasteiger partial charge in [-0.25, -0.2) is 4.39 Å². The lowest BCUT2D eigenvalue weighted by atomic mass is 10.0. The minimum Gasteiger partial charge on any atom is -0.398 e. The van der Waals surface area contributed by atoms with E-state index in [2.05, 4.69) is 15.9 Å². The Morgan fingerprint density at radius 3 is 2.60 bits per heavy atom. The minimum atomic E-state index is -1.25. The maximum Gasteiger partial charge on any atom is 0.131 e. The van der Waals surface area contributed by atoms with E-state index in [1.54, 1.807) is 6.92 Å². The molecule has 3 nitrogen and oxygen atoms in total. The van der Waals surface area contributed by atoms with Crippen molar-refractivity contribution in [3.05, 3.63) is 29.1 Å². The van der Waals surface area contributed by atoms with Gasteiger partial charge in [-0.15, -0.1) is 0 Å². The van der Waals surface area contributed by atoms with Crippen molar-refractivity contribution in [1.29, 1.82) is 0 Å². The fraction of sp³-hybridized carbons (Fsp3) is 0.400. The molecule has 0 aliphatic heterocycles. The standard InChI is InChI=1S/C10H13BrFNO2/c1-5-2-6(7(12)3-8(5)13)10(15)9(14)4-11/h2-3,9-10,14-15H,4,13H2,1H3. The first-order chi connectivity index (χ1) is 6.97. The van der Waals surface area contributed by atoms with Crippen LogP contribution in [0.2, 0.25) is 0 Å². The molecule has 0 fully saturated rings. The summed E-state index contributed by atoms with van der Waals surface area (Å²) < 4.78 is 13.4. The molecule has 0 heterocycles. The minimum absolute atomic E-state index is 0.0636. The molecule has 2 unspecified atom stereocenters. The van der Waals surface area contributed by atoms with Gasteiger partial charge in [-0.3, -0.25) is 0 Å². The Balaban J connectivity index is 3.09. The van der Waals surface area contributed by atoms with Gasteiger partial charge in [0.1, 0.15) is 11.9 Å². The van der Waals surface area contributed by atoms with Gasteiger partial charge in [0.05, 0.1) is 6.10 Å². The van der Waals surface area contributed by atoms with Crippen molar-refractivity contribution in [2.75, 3.05) is 11.1 Å². The molecule has 0 saturated carbocycles. The predicted molar refractivity (Wildman–Crippen MR) is 60.3 cm³/mol. The number of alkyl halides is 1. The van der Waals surface area contributed by atoms with E-state index in [0.29, 0.717) is 11.3 Å². The van der Waals surface area contributed by atoms with Crippen LogP contribution in [0.4, 0.5) is 10.1 Å². The Morgan fingerprint density at radius 1 is 1.47 bits per heavy atom. The van der Waals surface area contributed by atoms with Gasteiger partial charge < -0.3 is 15.9 Å². The number of rotatable bonds is 3. The summed E-state index contributed by atoms with van der Waals surface area (Å²) in [5.74, 6) is -0.606. The van der Waals surface area contributed by atoms with Crippen LogP contribution in [0.3, 0.4) is 0 Å². The topological polar surface area (TPSA) is 66.5 Å². The van der Waals surface area contributed by atoms with Crippen LogP contribution in [-0.4, -0.2) is 21.6 Å². The van der Waals surface area contributed by atoms with Gasteiger partial charge in [-0.05, 0) is 24.6 Å². The number of aryl methyl sites for hydroxylation is 1. The van der Waals surface area contributed by atoms with E-state index in [4.69, 9.17) is 5.73 Å². The highest BCUT2D eigenvalue weighted by Crippen LogP contribution is 2.25. The first-order valence-corrected chi connectivity index (χ1v) is 5.57. The van der Waals surface area contributed by atoms with E-state index in [0.717, 1.165) is 6.07 Å². The molecule has 0 saturated heterocycles. The average molecular weight is 278 g/mol. The lowest BCUT2D eigenvalue weighted by Gasteiger charge is -2.17. The van der Waals surface area contributed by atoms with Crippen LogP contribution in [0.5, 0.6) is 0 Å². The van der Waals surface area contributed by atoms with Gasteiger partial charge in [0, 0.05) is 16.6 Å². The number of aliphatic hydroxyl groups excluding tert-OH is 2. The predicted octanol–water partition coefficient (Wildman–Crippen LogP) is 1.51. The Kier molecular flexibility index (Phi) is 4.07.